The number of pyridine rings is 1. The van der Waals surface area contributed by atoms with Crippen molar-refractivity contribution in [2.45, 2.75) is 13.5 Å². The topological polar surface area (TPSA) is 48.1 Å². The molecule has 0 spiro atoms. The Balaban J connectivity index is 1.98. The number of nitrogens with zero attached hydrogens (tertiary/aromatic N) is 1. The van der Waals surface area contributed by atoms with Gasteiger partial charge in [0.05, 0.1) is 5.69 Å². The summed E-state index contributed by atoms with van der Waals surface area (Å²) < 4.78 is 5.59. The number of hydrogen-bond donors (Lipinski definition) is 1. The zero-order valence-electron chi connectivity index (χ0n) is 10.9. The monoisotopic (exact) mass is 252 g/mol. The van der Waals surface area contributed by atoms with Gasteiger partial charge in [-0.05, 0) is 31.2 Å². The Bertz CT molecular complexity index is 597. The summed E-state index contributed by atoms with van der Waals surface area (Å²) in [6.45, 7) is 2.62. The van der Waals surface area contributed by atoms with Gasteiger partial charge in [0, 0.05) is 17.8 Å². The van der Waals surface area contributed by atoms with Crippen LogP contribution in [0.3, 0.4) is 0 Å². The molecule has 0 radical (unpaired) electrons. The van der Waals surface area contributed by atoms with Crippen LogP contribution >= 0.6 is 0 Å². The van der Waals surface area contributed by atoms with Gasteiger partial charge in [0.15, 0.2) is 0 Å². The van der Waals surface area contributed by atoms with Gasteiger partial charge < -0.3 is 10.5 Å². The molecule has 1 aromatic carbocycles. The van der Waals surface area contributed by atoms with E-state index in [9.17, 15) is 0 Å². The first-order chi connectivity index (χ1) is 9.29. The Morgan fingerprint density at radius 1 is 1.16 bits per heavy atom. The molecule has 0 amide bonds. The zero-order chi connectivity index (χ0) is 13.5. The van der Waals surface area contributed by atoms with E-state index < -0.39 is 0 Å². The fourth-order valence-electron chi connectivity index (χ4n) is 1.65. The van der Waals surface area contributed by atoms with Crippen LogP contribution in [0.25, 0.3) is 0 Å². The van der Waals surface area contributed by atoms with Crippen LogP contribution in [0.2, 0.25) is 0 Å². The maximum atomic E-state index is 5.64. The molecule has 3 heteroatoms. The molecule has 0 saturated heterocycles. The smallest absolute Gasteiger partial charge is 0.149 e. The number of nitrogens with two attached hydrogens (primary N) is 1. The Morgan fingerprint density at radius 3 is 2.68 bits per heavy atom. The molecule has 0 aliphatic heterocycles. The third kappa shape index (κ3) is 3.84. The molecule has 1 heterocycles. The van der Waals surface area contributed by atoms with E-state index in [0.29, 0.717) is 18.9 Å². The number of aromatic nitrogens is 1. The SMILES string of the molecule is Cc1ccc(OCC#Cc2ccccc2)c(CN)n1. The molecule has 0 bridgehead atoms. The first-order valence-corrected chi connectivity index (χ1v) is 6.13. The summed E-state index contributed by atoms with van der Waals surface area (Å²) in [4.78, 5) is 4.33. The second-order valence-corrected chi connectivity index (χ2v) is 4.06. The minimum Gasteiger partial charge on any atom is -0.479 e. The van der Waals surface area contributed by atoms with E-state index in [1.165, 1.54) is 0 Å². The molecule has 19 heavy (non-hydrogen) atoms. The highest BCUT2D eigenvalue weighted by atomic mass is 16.5. The van der Waals surface area contributed by atoms with Gasteiger partial charge in [-0.25, -0.2) is 0 Å². The Hall–Kier alpha value is -2.31. The lowest BCUT2D eigenvalue weighted by Crippen LogP contribution is -2.05. The van der Waals surface area contributed by atoms with Gasteiger partial charge in [-0.3, -0.25) is 4.98 Å². The van der Waals surface area contributed by atoms with Crippen molar-refractivity contribution in [3.05, 3.63) is 59.4 Å². The van der Waals surface area contributed by atoms with Crippen LogP contribution in [-0.2, 0) is 6.54 Å². The normalized spacial score (nSPS) is 9.58. The lowest BCUT2D eigenvalue weighted by Gasteiger charge is -2.07. The largest absolute Gasteiger partial charge is 0.479 e. The van der Waals surface area contributed by atoms with Crippen molar-refractivity contribution in [2.75, 3.05) is 6.61 Å². The molecule has 2 N–H and O–H groups in total. The Labute approximate surface area is 113 Å². The molecule has 0 atom stereocenters. The Kier molecular flexibility index (Phi) is 4.54. The summed E-state index contributed by atoms with van der Waals surface area (Å²) in [6, 6.07) is 13.6. The van der Waals surface area contributed by atoms with Crippen molar-refractivity contribution in [2.24, 2.45) is 5.73 Å². The van der Waals surface area contributed by atoms with Crippen LogP contribution in [0.15, 0.2) is 42.5 Å². The van der Waals surface area contributed by atoms with Crippen LogP contribution in [0.4, 0.5) is 0 Å². The van der Waals surface area contributed by atoms with Crippen LogP contribution in [-0.4, -0.2) is 11.6 Å². The second-order valence-electron chi connectivity index (χ2n) is 4.06. The fraction of sp³-hybridized carbons (Fsp3) is 0.188. The first-order valence-electron chi connectivity index (χ1n) is 6.13. The van der Waals surface area contributed by atoms with E-state index in [2.05, 4.69) is 16.8 Å². The molecule has 1 aromatic heterocycles. The second kappa shape index (κ2) is 6.58. The van der Waals surface area contributed by atoms with E-state index in [0.717, 1.165) is 17.0 Å². The van der Waals surface area contributed by atoms with Crippen LogP contribution in [0, 0.1) is 18.8 Å². The van der Waals surface area contributed by atoms with Crippen LogP contribution in [0.5, 0.6) is 5.75 Å². The predicted octanol–water partition coefficient (Wildman–Crippen LogP) is 2.28. The van der Waals surface area contributed by atoms with Gasteiger partial charge in [0.2, 0.25) is 0 Å². The molecule has 96 valence electrons. The number of rotatable bonds is 3. The summed E-state index contributed by atoms with van der Waals surface area (Å²) in [7, 11) is 0. The highest BCUT2D eigenvalue weighted by Gasteiger charge is 2.02. The van der Waals surface area contributed by atoms with Crippen molar-refractivity contribution in [3.63, 3.8) is 0 Å². The zero-order valence-corrected chi connectivity index (χ0v) is 10.9. The molecular weight excluding hydrogens is 236 g/mol. The number of benzene rings is 1. The van der Waals surface area contributed by atoms with Gasteiger partial charge in [-0.2, -0.15) is 0 Å². The minimum atomic E-state index is 0.326. The van der Waals surface area contributed by atoms with E-state index in [4.69, 9.17) is 10.5 Å². The molecule has 0 aliphatic carbocycles. The van der Waals surface area contributed by atoms with Crippen LogP contribution in [0.1, 0.15) is 17.0 Å². The molecule has 2 rings (SSSR count). The summed E-state index contributed by atoms with van der Waals surface area (Å²) in [5, 5.41) is 0. The predicted molar refractivity (Wildman–Crippen MR) is 75.7 cm³/mol. The Morgan fingerprint density at radius 2 is 1.95 bits per heavy atom. The lowest BCUT2D eigenvalue weighted by atomic mass is 10.2. The summed E-state index contributed by atoms with van der Waals surface area (Å²) in [5.74, 6) is 6.72. The number of hydrogen-bond acceptors (Lipinski definition) is 3. The van der Waals surface area contributed by atoms with E-state index in [-0.39, 0.29) is 0 Å². The van der Waals surface area contributed by atoms with Crippen molar-refractivity contribution in [1.29, 1.82) is 0 Å². The minimum absolute atomic E-state index is 0.326. The molecule has 0 aliphatic rings. The quantitative estimate of drug-likeness (QED) is 0.852. The third-order valence-electron chi connectivity index (χ3n) is 2.57. The van der Waals surface area contributed by atoms with E-state index >= 15 is 0 Å². The van der Waals surface area contributed by atoms with Crippen molar-refractivity contribution in [3.8, 4) is 17.6 Å². The lowest BCUT2D eigenvalue weighted by molar-refractivity contribution is 0.363. The molecule has 2 aromatic rings. The molecular formula is C16H16N2O. The van der Waals surface area contributed by atoms with Gasteiger partial charge in [0.1, 0.15) is 12.4 Å². The number of ether oxygens (including phenoxy) is 1. The van der Waals surface area contributed by atoms with Gasteiger partial charge >= 0.3 is 0 Å². The fourth-order valence-corrected chi connectivity index (χ4v) is 1.65. The molecule has 0 saturated carbocycles. The average molecular weight is 252 g/mol. The van der Waals surface area contributed by atoms with Crippen LogP contribution < -0.4 is 10.5 Å². The maximum absolute atomic E-state index is 5.64. The highest BCUT2D eigenvalue weighted by molar-refractivity contribution is 5.34. The number of aryl methyl sites for hydroxylation is 1. The van der Waals surface area contributed by atoms with Gasteiger partial charge in [-0.1, -0.05) is 30.0 Å². The summed E-state index contributed by atoms with van der Waals surface area (Å²) in [5.41, 5.74) is 8.31. The van der Waals surface area contributed by atoms with E-state index in [1.807, 2.05) is 49.4 Å². The molecule has 0 unspecified atom stereocenters. The van der Waals surface area contributed by atoms with Gasteiger partial charge in [-0.15, -0.1) is 0 Å². The van der Waals surface area contributed by atoms with Crippen molar-refractivity contribution in [1.82, 2.24) is 4.98 Å². The van der Waals surface area contributed by atoms with E-state index in [1.54, 1.807) is 0 Å². The summed E-state index contributed by atoms with van der Waals surface area (Å²) >= 11 is 0. The molecule has 3 nitrogen and oxygen atoms in total. The standard InChI is InChI=1S/C16H16N2O/c1-13-9-10-16(15(12-17)18-13)19-11-5-8-14-6-3-2-4-7-14/h2-4,6-7,9-10H,11-12,17H2,1H3. The third-order valence-corrected chi connectivity index (χ3v) is 2.57. The van der Waals surface area contributed by atoms with Crippen molar-refractivity contribution < 1.29 is 4.74 Å². The molecule has 0 fully saturated rings. The first kappa shape index (κ1) is 13.1. The highest BCUT2D eigenvalue weighted by Crippen LogP contribution is 2.15. The summed E-state index contributed by atoms with van der Waals surface area (Å²) in [6.07, 6.45) is 0. The maximum Gasteiger partial charge on any atom is 0.149 e. The van der Waals surface area contributed by atoms with Crippen molar-refractivity contribution >= 4 is 0 Å². The van der Waals surface area contributed by atoms with Gasteiger partial charge in [0.25, 0.3) is 0 Å². The average Bonchev–Trinajstić information content (AvgIpc) is 2.46.